The number of ketones is 3. The Balaban J connectivity index is 1.63. The molecule has 10 heteroatoms. The number of ether oxygens (including phenoxy) is 1. The van der Waals surface area contributed by atoms with E-state index in [0.717, 1.165) is 11.3 Å². The molecule has 10 nitrogen and oxygen atoms in total. The van der Waals surface area contributed by atoms with E-state index in [1.807, 2.05) is 30.0 Å². The summed E-state index contributed by atoms with van der Waals surface area (Å²) in [5.74, 6) is -5.37. The second-order valence-corrected chi connectivity index (χ2v) is 10.0. The molecule has 1 aromatic rings. The van der Waals surface area contributed by atoms with Gasteiger partial charge in [0.05, 0.1) is 31.1 Å². The number of phenolic OH excluding ortho intramolecular Hbond substituents is 1. The molecule has 0 radical (unpaired) electrons. The van der Waals surface area contributed by atoms with Crippen LogP contribution in [-0.4, -0.2) is 80.5 Å². The average molecular weight is 488 g/mol. The summed E-state index contributed by atoms with van der Waals surface area (Å²) in [5.41, 5.74) is 7.77. The van der Waals surface area contributed by atoms with Gasteiger partial charge in [0.1, 0.15) is 5.75 Å². The Kier molecular flexibility index (Phi) is 7.14. The standard InChI is InChI=1S/C25H33N3O7/c1-27(2)17-11-18(28-3-5-35-6-4-28)24(33)21-15(17)8-13(9-19(21)30)7-14-10-20(31)22(25(26)34)23(32)16(14)12-29/h11,13-14,16,22,29,33H,3-10,12H2,1-2H3,(H2,26,34)/t13-,14+,16?,22?/m1/s1. The summed E-state index contributed by atoms with van der Waals surface area (Å²) in [5, 5.41) is 21.0. The van der Waals surface area contributed by atoms with E-state index in [4.69, 9.17) is 10.5 Å². The molecule has 35 heavy (non-hydrogen) atoms. The molecule has 1 aromatic carbocycles. The topological polar surface area (TPSA) is 150 Å². The van der Waals surface area contributed by atoms with Crippen LogP contribution in [0.15, 0.2) is 6.07 Å². The number of anilines is 2. The number of fused-ring (bicyclic) bond motifs is 1. The molecular weight excluding hydrogens is 454 g/mol. The second kappa shape index (κ2) is 9.94. The third kappa shape index (κ3) is 4.64. The summed E-state index contributed by atoms with van der Waals surface area (Å²) in [7, 11) is 3.77. The Labute approximate surface area is 204 Å². The van der Waals surface area contributed by atoms with Crippen LogP contribution >= 0.6 is 0 Å². The number of morpholine rings is 1. The van der Waals surface area contributed by atoms with Crippen molar-refractivity contribution in [3.05, 3.63) is 17.2 Å². The summed E-state index contributed by atoms with van der Waals surface area (Å²) >= 11 is 0. The van der Waals surface area contributed by atoms with Crippen molar-refractivity contribution in [2.75, 3.05) is 56.8 Å². The highest BCUT2D eigenvalue weighted by atomic mass is 16.5. The van der Waals surface area contributed by atoms with Crippen LogP contribution in [0.2, 0.25) is 0 Å². The maximum absolute atomic E-state index is 13.3. The Morgan fingerprint density at radius 1 is 1.17 bits per heavy atom. The minimum Gasteiger partial charge on any atom is -0.505 e. The SMILES string of the molecule is CN(C)c1cc(N2CCOCC2)c(O)c2c1C[C@@H](C[C@H]1CC(=O)C(C(N)=O)C(=O)C1CO)CC2=O. The van der Waals surface area contributed by atoms with E-state index in [9.17, 15) is 29.4 Å². The van der Waals surface area contributed by atoms with Gasteiger partial charge >= 0.3 is 0 Å². The molecule has 2 fully saturated rings. The van der Waals surface area contributed by atoms with Crippen LogP contribution in [0.5, 0.6) is 5.75 Å². The highest BCUT2D eigenvalue weighted by Crippen LogP contribution is 2.46. The molecule has 4 rings (SSSR count). The molecule has 2 unspecified atom stereocenters. The van der Waals surface area contributed by atoms with Gasteiger partial charge in [-0.25, -0.2) is 0 Å². The second-order valence-electron chi connectivity index (χ2n) is 10.0. The first-order valence-corrected chi connectivity index (χ1v) is 12.0. The number of Topliss-reactive ketones (excluding diaryl/α,β-unsaturated/α-hetero) is 3. The van der Waals surface area contributed by atoms with Gasteiger partial charge in [0.25, 0.3) is 0 Å². The van der Waals surface area contributed by atoms with Crippen molar-refractivity contribution >= 4 is 34.6 Å². The molecule has 3 aliphatic rings. The number of rotatable bonds is 6. The van der Waals surface area contributed by atoms with E-state index in [1.165, 1.54) is 0 Å². The van der Waals surface area contributed by atoms with Gasteiger partial charge in [-0.1, -0.05) is 0 Å². The molecule has 1 heterocycles. The van der Waals surface area contributed by atoms with Gasteiger partial charge in [0.2, 0.25) is 5.91 Å². The highest BCUT2D eigenvalue weighted by Gasteiger charge is 2.46. The number of carbonyl (C=O) groups excluding carboxylic acids is 4. The first-order chi connectivity index (χ1) is 16.6. The monoisotopic (exact) mass is 487 g/mol. The van der Waals surface area contributed by atoms with Gasteiger partial charge in [-0.2, -0.15) is 0 Å². The van der Waals surface area contributed by atoms with E-state index in [2.05, 4.69) is 0 Å². The quantitative estimate of drug-likeness (QED) is 0.481. The van der Waals surface area contributed by atoms with Gasteiger partial charge in [0, 0.05) is 51.6 Å². The first-order valence-electron chi connectivity index (χ1n) is 12.0. The van der Waals surface area contributed by atoms with Crippen molar-refractivity contribution in [2.45, 2.75) is 25.7 Å². The molecule has 0 spiro atoms. The first kappa shape index (κ1) is 25.1. The van der Waals surface area contributed by atoms with Crippen LogP contribution in [0, 0.1) is 23.7 Å². The Bertz CT molecular complexity index is 1050. The number of benzene rings is 1. The van der Waals surface area contributed by atoms with Gasteiger partial charge in [-0.3, -0.25) is 19.2 Å². The molecular formula is C25H33N3O7. The van der Waals surface area contributed by atoms with Gasteiger partial charge < -0.3 is 30.5 Å². The van der Waals surface area contributed by atoms with Crippen molar-refractivity contribution < 1.29 is 34.1 Å². The lowest BCUT2D eigenvalue weighted by Crippen LogP contribution is -2.49. The third-order valence-corrected chi connectivity index (χ3v) is 7.56. The molecule has 1 saturated carbocycles. The van der Waals surface area contributed by atoms with E-state index < -0.39 is 41.8 Å². The van der Waals surface area contributed by atoms with Crippen molar-refractivity contribution in [1.82, 2.24) is 0 Å². The number of hydrogen-bond donors (Lipinski definition) is 3. The van der Waals surface area contributed by atoms with Crippen LogP contribution < -0.4 is 15.5 Å². The predicted molar refractivity (Wildman–Crippen MR) is 128 cm³/mol. The molecule has 4 N–H and O–H groups in total. The molecule has 0 bridgehead atoms. The van der Waals surface area contributed by atoms with Crippen molar-refractivity contribution in [2.24, 2.45) is 29.4 Å². The van der Waals surface area contributed by atoms with Gasteiger partial charge in [0.15, 0.2) is 23.3 Å². The van der Waals surface area contributed by atoms with Gasteiger partial charge in [-0.15, -0.1) is 0 Å². The molecule has 1 amide bonds. The molecule has 1 aliphatic heterocycles. The number of carbonyl (C=O) groups is 4. The molecule has 190 valence electrons. The number of aromatic hydroxyl groups is 1. The summed E-state index contributed by atoms with van der Waals surface area (Å²) in [6.45, 7) is 1.85. The van der Waals surface area contributed by atoms with Crippen LogP contribution in [0.1, 0.15) is 35.2 Å². The van der Waals surface area contributed by atoms with Crippen LogP contribution in [0.25, 0.3) is 0 Å². The van der Waals surface area contributed by atoms with E-state index in [1.54, 1.807) is 0 Å². The summed E-state index contributed by atoms with van der Waals surface area (Å²) in [6.07, 6.45) is 0.986. The zero-order chi connectivity index (χ0) is 25.4. The third-order valence-electron chi connectivity index (χ3n) is 7.56. The fraction of sp³-hybridized carbons (Fsp3) is 0.600. The number of aliphatic hydroxyl groups is 1. The molecule has 1 saturated heterocycles. The maximum atomic E-state index is 13.3. The fourth-order valence-corrected chi connectivity index (χ4v) is 5.86. The van der Waals surface area contributed by atoms with E-state index in [-0.39, 0.29) is 30.3 Å². The number of nitrogens with zero attached hydrogens (tertiary/aromatic N) is 2. The van der Waals surface area contributed by atoms with E-state index in [0.29, 0.717) is 50.4 Å². The minimum atomic E-state index is -1.51. The Hall–Kier alpha value is -2.98. The van der Waals surface area contributed by atoms with Crippen LogP contribution in [-0.2, 0) is 25.5 Å². The summed E-state index contributed by atoms with van der Waals surface area (Å²) < 4.78 is 5.42. The highest BCUT2D eigenvalue weighted by molar-refractivity contribution is 6.20. The lowest BCUT2D eigenvalue weighted by Gasteiger charge is -2.37. The number of primary amides is 1. The molecule has 4 atom stereocenters. The average Bonchev–Trinajstić information content (AvgIpc) is 2.79. The lowest BCUT2D eigenvalue weighted by atomic mass is 9.67. The van der Waals surface area contributed by atoms with Crippen LogP contribution in [0.3, 0.4) is 0 Å². The summed E-state index contributed by atoms with van der Waals surface area (Å²) in [6, 6.07) is 1.90. The summed E-state index contributed by atoms with van der Waals surface area (Å²) in [4.78, 5) is 54.0. The largest absolute Gasteiger partial charge is 0.505 e. The zero-order valence-electron chi connectivity index (χ0n) is 20.2. The van der Waals surface area contributed by atoms with Gasteiger partial charge in [-0.05, 0) is 36.3 Å². The number of phenols is 1. The molecule has 2 aliphatic carbocycles. The Morgan fingerprint density at radius 2 is 1.86 bits per heavy atom. The predicted octanol–water partition coefficient (Wildman–Crippen LogP) is 0.298. The fourth-order valence-electron chi connectivity index (χ4n) is 5.86. The number of hydrogen-bond acceptors (Lipinski definition) is 9. The van der Waals surface area contributed by atoms with Crippen molar-refractivity contribution in [3.63, 3.8) is 0 Å². The zero-order valence-corrected chi connectivity index (χ0v) is 20.2. The maximum Gasteiger partial charge on any atom is 0.235 e. The minimum absolute atomic E-state index is 0.0171. The van der Waals surface area contributed by atoms with Crippen molar-refractivity contribution in [3.8, 4) is 5.75 Å². The smallest absolute Gasteiger partial charge is 0.235 e. The normalized spacial score (nSPS) is 27.1. The van der Waals surface area contributed by atoms with E-state index >= 15 is 0 Å². The lowest BCUT2D eigenvalue weighted by molar-refractivity contribution is -0.147. The number of aliphatic hydroxyl groups excluding tert-OH is 1. The Morgan fingerprint density at radius 3 is 2.46 bits per heavy atom. The number of amides is 1. The van der Waals surface area contributed by atoms with Crippen LogP contribution in [0.4, 0.5) is 11.4 Å². The number of nitrogens with two attached hydrogens (primary N) is 1. The van der Waals surface area contributed by atoms with Crippen molar-refractivity contribution in [1.29, 1.82) is 0 Å². The molecule has 0 aromatic heterocycles.